The number of carbonyl (C=O) groups excluding carboxylic acids is 1. The Kier molecular flexibility index (Phi) is 4.25. The Hall–Kier alpha value is -1.55. The molecule has 2 aliphatic carbocycles. The quantitative estimate of drug-likeness (QED) is 0.855. The molecule has 0 spiro atoms. The van der Waals surface area contributed by atoms with Crippen molar-refractivity contribution < 1.29 is 9.53 Å². The van der Waals surface area contributed by atoms with Gasteiger partial charge in [-0.05, 0) is 44.1 Å². The molecule has 2 saturated carbocycles. The normalized spacial score (nSPS) is 26.4. The van der Waals surface area contributed by atoms with E-state index in [4.69, 9.17) is 4.74 Å². The molecule has 1 aromatic carbocycles. The van der Waals surface area contributed by atoms with Crippen LogP contribution in [0, 0.1) is 0 Å². The molecule has 1 heterocycles. The SMILES string of the molecule is O=C(OC1CCCC1)N1CCN(C2CC2)C[C@H]1c1ccccc1. The van der Waals surface area contributed by atoms with E-state index >= 15 is 0 Å². The lowest BCUT2D eigenvalue weighted by molar-refractivity contribution is 0.0233. The summed E-state index contributed by atoms with van der Waals surface area (Å²) in [6, 6.07) is 11.3. The number of hydrogen-bond donors (Lipinski definition) is 0. The zero-order chi connectivity index (χ0) is 15.6. The first-order valence-electron chi connectivity index (χ1n) is 9.07. The second kappa shape index (κ2) is 6.52. The lowest BCUT2D eigenvalue weighted by Gasteiger charge is -2.41. The summed E-state index contributed by atoms with van der Waals surface area (Å²) in [6.07, 6.45) is 7.10. The van der Waals surface area contributed by atoms with Gasteiger partial charge in [0.2, 0.25) is 0 Å². The van der Waals surface area contributed by atoms with Gasteiger partial charge in [-0.2, -0.15) is 0 Å². The Morgan fingerprint density at radius 3 is 2.43 bits per heavy atom. The summed E-state index contributed by atoms with van der Waals surface area (Å²) in [5.41, 5.74) is 1.22. The van der Waals surface area contributed by atoms with Crippen LogP contribution in [-0.4, -0.2) is 47.7 Å². The average Bonchev–Trinajstić information content (AvgIpc) is 3.33. The van der Waals surface area contributed by atoms with E-state index in [-0.39, 0.29) is 18.2 Å². The molecule has 1 saturated heterocycles. The predicted octanol–water partition coefficient (Wildman–Crippen LogP) is 3.59. The Bertz CT molecular complexity index is 538. The maximum Gasteiger partial charge on any atom is 0.410 e. The largest absolute Gasteiger partial charge is 0.446 e. The van der Waals surface area contributed by atoms with Crippen LogP contribution in [0.5, 0.6) is 0 Å². The summed E-state index contributed by atoms with van der Waals surface area (Å²) in [5.74, 6) is 0. The summed E-state index contributed by atoms with van der Waals surface area (Å²) in [6.45, 7) is 2.70. The van der Waals surface area contributed by atoms with E-state index < -0.39 is 0 Å². The van der Waals surface area contributed by atoms with Crippen molar-refractivity contribution >= 4 is 6.09 Å². The molecule has 4 nitrogen and oxygen atoms in total. The molecular formula is C19H26N2O2. The fourth-order valence-corrected chi connectivity index (χ4v) is 3.97. The second-order valence-corrected chi connectivity index (χ2v) is 7.14. The number of carbonyl (C=O) groups is 1. The minimum absolute atomic E-state index is 0.110. The van der Waals surface area contributed by atoms with Gasteiger partial charge in [-0.25, -0.2) is 4.79 Å². The standard InChI is InChI=1S/C19H26N2O2/c22-19(23-17-8-4-5-9-17)21-13-12-20(16-10-11-16)14-18(21)15-6-2-1-3-7-15/h1-3,6-7,16-18H,4-5,8-14H2/t18-/m0/s1. The zero-order valence-electron chi connectivity index (χ0n) is 13.7. The summed E-state index contributed by atoms with van der Waals surface area (Å²) in [4.78, 5) is 17.2. The first-order valence-corrected chi connectivity index (χ1v) is 9.07. The number of amides is 1. The fraction of sp³-hybridized carbons (Fsp3) is 0.632. The molecule has 23 heavy (non-hydrogen) atoms. The molecule has 4 rings (SSSR count). The number of ether oxygens (including phenoxy) is 1. The van der Waals surface area contributed by atoms with Crippen LogP contribution >= 0.6 is 0 Å². The van der Waals surface area contributed by atoms with Gasteiger partial charge >= 0.3 is 6.09 Å². The van der Waals surface area contributed by atoms with E-state index in [2.05, 4.69) is 29.2 Å². The Morgan fingerprint density at radius 2 is 1.74 bits per heavy atom. The first-order chi connectivity index (χ1) is 11.3. The van der Waals surface area contributed by atoms with Gasteiger partial charge < -0.3 is 4.74 Å². The van der Waals surface area contributed by atoms with E-state index in [0.717, 1.165) is 38.5 Å². The van der Waals surface area contributed by atoms with Crippen LogP contribution in [0.25, 0.3) is 0 Å². The van der Waals surface area contributed by atoms with Crippen molar-refractivity contribution in [3.05, 3.63) is 35.9 Å². The maximum absolute atomic E-state index is 12.7. The van der Waals surface area contributed by atoms with Crippen molar-refractivity contribution in [1.29, 1.82) is 0 Å². The van der Waals surface area contributed by atoms with E-state index in [9.17, 15) is 4.79 Å². The minimum atomic E-state index is -0.110. The third-order valence-electron chi connectivity index (χ3n) is 5.46. The van der Waals surface area contributed by atoms with Crippen LogP contribution in [0.15, 0.2) is 30.3 Å². The highest BCUT2D eigenvalue weighted by Gasteiger charge is 2.39. The summed E-state index contributed by atoms with van der Waals surface area (Å²) >= 11 is 0. The molecule has 1 amide bonds. The van der Waals surface area contributed by atoms with E-state index in [0.29, 0.717) is 0 Å². The number of nitrogens with zero attached hydrogens (tertiary/aromatic N) is 2. The van der Waals surface area contributed by atoms with Crippen molar-refractivity contribution in [2.45, 2.75) is 56.7 Å². The third kappa shape index (κ3) is 3.37. The highest BCUT2D eigenvalue weighted by atomic mass is 16.6. The van der Waals surface area contributed by atoms with Gasteiger partial charge in [-0.1, -0.05) is 30.3 Å². The Morgan fingerprint density at radius 1 is 1.00 bits per heavy atom. The van der Waals surface area contributed by atoms with Crippen molar-refractivity contribution in [1.82, 2.24) is 9.80 Å². The fourth-order valence-electron chi connectivity index (χ4n) is 3.97. The summed E-state index contributed by atoms with van der Waals surface area (Å²) < 4.78 is 5.78. The minimum Gasteiger partial charge on any atom is -0.446 e. The summed E-state index contributed by atoms with van der Waals surface area (Å²) in [7, 11) is 0. The molecule has 1 aliphatic heterocycles. The molecule has 0 N–H and O–H groups in total. The Balaban J connectivity index is 1.49. The van der Waals surface area contributed by atoms with Gasteiger partial charge in [0.15, 0.2) is 0 Å². The number of rotatable bonds is 3. The monoisotopic (exact) mass is 314 g/mol. The van der Waals surface area contributed by atoms with Crippen LogP contribution in [0.3, 0.4) is 0 Å². The van der Waals surface area contributed by atoms with Crippen LogP contribution in [-0.2, 0) is 4.74 Å². The summed E-state index contributed by atoms with van der Waals surface area (Å²) in [5, 5.41) is 0. The first kappa shape index (κ1) is 15.0. The van der Waals surface area contributed by atoms with Gasteiger partial charge in [0.25, 0.3) is 0 Å². The van der Waals surface area contributed by atoms with Gasteiger partial charge in [-0.15, -0.1) is 0 Å². The topological polar surface area (TPSA) is 32.8 Å². The molecule has 0 unspecified atom stereocenters. The van der Waals surface area contributed by atoms with Gasteiger partial charge in [0.05, 0.1) is 6.04 Å². The van der Waals surface area contributed by atoms with E-state index in [1.54, 1.807) is 0 Å². The van der Waals surface area contributed by atoms with Crippen LogP contribution in [0.4, 0.5) is 4.79 Å². The number of hydrogen-bond acceptors (Lipinski definition) is 3. The van der Waals surface area contributed by atoms with Crippen molar-refractivity contribution in [2.75, 3.05) is 19.6 Å². The lowest BCUT2D eigenvalue weighted by atomic mass is 10.0. The smallest absolute Gasteiger partial charge is 0.410 e. The van der Waals surface area contributed by atoms with Crippen molar-refractivity contribution in [3.8, 4) is 0 Å². The van der Waals surface area contributed by atoms with Gasteiger partial charge in [0, 0.05) is 25.7 Å². The Labute approximate surface area is 138 Å². The third-order valence-corrected chi connectivity index (χ3v) is 5.46. The average molecular weight is 314 g/mol. The zero-order valence-corrected chi connectivity index (χ0v) is 13.7. The molecule has 3 fully saturated rings. The molecule has 4 heteroatoms. The maximum atomic E-state index is 12.7. The second-order valence-electron chi connectivity index (χ2n) is 7.14. The predicted molar refractivity (Wildman–Crippen MR) is 89.2 cm³/mol. The van der Waals surface area contributed by atoms with E-state index in [1.165, 1.54) is 31.2 Å². The number of piperazine rings is 1. The highest BCUT2D eigenvalue weighted by Crippen LogP contribution is 2.34. The highest BCUT2D eigenvalue weighted by molar-refractivity contribution is 5.69. The van der Waals surface area contributed by atoms with Crippen molar-refractivity contribution in [2.24, 2.45) is 0 Å². The molecule has 0 radical (unpaired) electrons. The van der Waals surface area contributed by atoms with Crippen LogP contribution in [0.1, 0.15) is 50.1 Å². The molecular weight excluding hydrogens is 288 g/mol. The van der Waals surface area contributed by atoms with Crippen LogP contribution < -0.4 is 0 Å². The van der Waals surface area contributed by atoms with Crippen LogP contribution in [0.2, 0.25) is 0 Å². The molecule has 3 aliphatic rings. The molecule has 0 aromatic heterocycles. The van der Waals surface area contributed by atoms with Gasteiger partial charge in [0.1, 0.15) is 6.10 Å². The molecule has 1 aromatic rings. The molecule has 124 valence electrons. The number of benzene rings is 1. The molecule has 1 atom stereocenters. The van der Waals surface area contributed by atoms with Gasteiger partial charge in [-0.3, -0.25) is 9.80 Å². The van der Waals surface area contributed by atoms with E-state index in [1.807, 2.05) is 11.0 Å². The molecule has 0 bridgehead atoms. The van der Waals surface area contributed by atoms with Crippen molar-refractivity contribution in [3.63, 3.8) is 0 Å². The lowest BCUT2D eigenvalue weighted by Crippen LogP contribution is -2.51.